The summed E-state index contributed by atoms with van der Waals surface area (Å²) >= 11 is 1.57. The van der Waals surface area contributed by atoms with Gasteiger partial charge in [0.05, 0.1) is 17.8 Å². The summed E-state index contributed by atoms with van der Waals surface area (Å²) in [5.41, 5.74) is 5.08. The molecule has 7 heteroatoms. The zero-order valence-electron chi connectivity index (χ0n) is 16.7. The van der Waals surface area contributed by atoms with E-state index in [1.807, 2.05) is 37.5 Å². The molecule has 144 valence electrons. The number of carbonyl (C=O) groups is 1. The lowest BCUT2D eigenvalue weighted by atomic mass is 9.89. The van der Waals surface area contributed by atoms with Crippen molar-refractivity contribution in [2.45, 2.75) is 46.6 Å². The fraction of sp³-hybridized carbons (Fsp3) is 0.550. The normalized spacial score (nSPS) is 16.3. The minimum atomic E-state index is -0.0835. The quantitative estimate of drug-likeness (QED) is 0.858. The maximum absolute atomic E-state index is 12.6. The smallest absolute Gasteiger partial charge is 0.239 e. The average molecular weight is 386 g/mol. The van der Waals surface area contributed by atoms with Crippen molar-refractivity contribution in [2.75, 3.05) is 18.9 Å². The maximum Gasteiger partial charge on any atom is 0.239 e. The molecule has 0 aliphatic heterocycles. The number of nitrogens with one attached hydrogen (secondary N) is 1. The summed E-state index contributed by atoms with van der Waals surface area (Å²) in [5.74, 6) is 0.559. The van der Waals surface area contributed by atoms with Gasteiger partial charge in [0.15, 0.2) is 0 Å². The minimum absolute atomic E-state index is 0.0835. The van der Waals surface area contributed by atoms with Crippen LogP contribution >= 0.6 is 11.3 Å². The van der Waals surface area contributed by atoms with Crippen LogP contribution in [0.3, 0.4) is 0 Å². The van der Waals surface area contributed by atoms with Gasteiger partial charge in [-0.25, -0.2) is 0 Å². The average Bonchev–Trinajstić information content (AvgIpc) is 3.05. The number of rotatable bonds is 5. The van der Waals surface area contributed by atoms with E-state index < -0.39 is 0 Å². The van der Waals surface area contributed by atoms with Crippen LogP contribution in [-0.4, -0.2) is 34.2 Å². The first kappa shape index (κ1) is 19.6. The Morgan fingerprint density at radius 2 is 2.22 bits per heavy atom. The van der Waals surface area contributed by atoms with Crippen molar-refractivity contribution in [3.63, 3.8) is 0 Å². The molecule has 2 heterocycles. The number of nitrogens with zero attached hydrogens (tertiary/aromatic N) is 4. The lowest BCUT2D eigenvalue weighted by Crippen LogP contribution is -2.30. The molecule has 27 heavy (non-hydrogen) atoms. The monoisotopic (exact) mass is 385 g/mol. The highest BCUT2D eigenvalue weighted by Crippen LogP contribution is 2.39. The standard InChI is InChI=1S/C20H27N5OS/c1-12-6-7-15-16(9-21)20(27-18(15)8-12)22-19(26)11-24(4)10-17-13(2)23-25(5)14(17)3/h12H,6-8,10-11H2,1-5H3,(H,22,26). The molecule has 1 unspecified atom stereocenters. The topological polar surface area (TPSA) is 74.0 Å². The molecule has 3 rings (SSSR count). The number of anilines is 1. The van der Waals surface area contributed by atoms with Crippen LogP contribution in [0, 0.1) is 31.1 Å². The Hall–Kier alpha value is -2.17. The Morgan fingerprint density at radius 1 is 1.48 bits per heavy atom. The van der Waals surface area contributed by atoms with Gasteiger partial charge in [0.25, 0.3) is 0 Å². The summed E-state index contributed by atoms with van der Waals surface area (Å²) in [5, 5.41) is 17.7. The number of nitriles is 1. The highest BCUT2D eigenvalue weighted by molar-refractivity contribution is 7.16. The first-order valence-electron chi connectivity index (χ1n) is 9.32. The number of hydrogen-bond acceptors (Lipinski definition) is 5. The number of fused-ring (bicyclic) bond motifs is 1. The van der Waals surface area contributed by atoms with E-state index in [-0.39, 0.29) is 12.5 Å². The molecule has 0 bridgehead atoms. The van der Waals surface area contributed by atoms with Crippen molar-refractivity contribution in [1.82, 2.24) is 14.7 Å². The van der Waals surface area contributed by atoms with E-state index in [0.717, 1.165) is 41.8 Å². The van der Waals surface area contributed by atoms with Gasteiger partial charge in [0.2, 0.25) is 5.91 Å². The molecule has 0 saturated heterocycles. The SMILES string of the molecule is Cc1nn(C)c(C)c1CN(C)CC(=O)Nc1sc2c(c1C#N)CCC(C)C2. The van der Waals surface area contributed by atoms with Crippen LogP contribution in [-0.2, 0) is 31.2 Å². The van der Waals surface area contributed by atoms with Gasteiger partial charge in [0.1, 0.15) is 11.1 Å². The fourth-order valence-corrected chi connectivity index (χ4v) is 5.12. The van der Waals surface area contributed by atoms with Gasteiger partial charge in [-0.2, -0.15) is 10.4 Å². The molecule has 1 aliphatic rings. The van der Waals surface area contributed by atoms with Crippen molar-refractivity contribution in [1.29, 1.82) is 5.26 Å². The molecule has 1 atom stereocenters. The van der Waals surface area contributed by atoms with Gasteiger partial charge in [-0.15, -0.1) is 11.3 Å². The van der Waals surface area contributed by atoms with Gasteiger partial charge in [0, 0.05) is 29.7 Å². The summed E-state index contributed by atoms with van der Waals surface area (Å²) in [7, 11) is 3.86. The Balaban J connectivity index is 1.67. The Labute approximate surface area is 164 Å². The van der Waals surface area contributed by atoms with Crippen LogP contribution in [0.1, 0.15) is 46.3 Å². The van der Waals surface area contributed by atoms with E-state index in [9.17, 15) is 10.1 Å². The number of thiophene rings is 1. The molecule has 6 nitrogen and oxygen atoms in total. The molecule has 2 aromatic heterocycles. The first-order chi connectivity index (χ1) is 12.8. The van der Waals surface area contributed by atoms with Crippen molar-refractivity contribution in [2.24, 2.45) is 13.0 Å². The summed E-state index contributed by atoms with van der Waals surface area (Å²) in [6, 6.07) is 2.31. The highest BCUT2D eigenvalue weighted by Gasteiger charge is 2.25. The van der Waals surface area contributed by atoms with Crippen LogP contribution < -0.4 is 5.32 Å². The number of amides is 1. The summed E-state index contributed by atoms with van der Waals surface area (Å²) in [4.78, 5) is 15.8. The van der Waals surface area contributed by atoms with Crippen LogP contribution in [0.2, 0.25) is 0 Å². The number of carbonyl (C=O) groups excluding carboxylic acids is 1. The van der Waals surface area contributed by atoms with Gasteiger partial charge < -0.3 is 5.32 Å². The lowest BCUT2D eigenvalue weighted by molar-refractivity contribution is -0.117. The van der Waals surface area contributed by atoms with Crippen LogP contribution in [0.15, 0.2) is 0 Å². The van der Waals surface area contributed by atoms with E-state index in [1.165, 1.54) is 4.88 Å². The molecule has 1 amide bonds. The zero-order valence-corrected chi connectivity index (χ0v) is 17.5. The van der Waals surface area contributed by atoms with Crippen molar-refractivity contribution < 1.29 is 4.79 Å². The second kappa shape index (κ2) is 7.83. The van der Waals surface area contributed by atoms with Crippen LogP contribution in [0.25, 0.3) is 0 Å². The van der Waals surface area contributed by atoms with Gasteiger partial charge in [-0.3, -0.25) is 14.4 Å². The molecule has 0 fully saturated rings. The molecule has 0 radical (unpaired) electrons. The first-order valence-corrected chi connectivity index (χ1v) is 10.1. The van der Waals surface area contributed by atoms with Crippen molar-refractivity contribution in [3.05, 3.63) is 33.0 Å². The van der Waals surface area contributed by atoms with Crippen LogP contribution in [0.4, 0.5) is 5.00 Å². The largest absolute Gasteiger partial charge is 0.315 e. The molecule has 0 saturated carbocycles. The third-order valence-electron chi connectivity index (χ3n) is 5.38. The van der Waals surface area contributed by atoms with E-state index >= 15 is 0 Å². The molecular formula is C20H27N5OS. The van der Waals surface area contributed by atoms with Crippen LogP contribution in [0.5, 0.6) is 0 Å². The molecule has 0 aromatic carbocycles. The number of likely N-dealkylation sites (N-methyl/N-ethyl adjacent to an activating group) is 1. The Morgan fingerprint density at radius 3 is 2.85 bits per heavy atom. The molecule has 1 aliphatic carbocycles. The number of aromatic nitrogens is 2. The Bertz CT molecular complexity index is 905. The predicted molar refractivity (Wildman–Crippen MR) is 108 cm³/mol. The van der Waals surface area contributed by atoms with Gasteiger partial charge in [-0.05, 0) is 51.6 Å². The highest BCUT2D eigenvalue weighted by atomic mass is 32.1. The summed E-state index contributed by atoms with van der Waals surface area (Å²) in [6.45, 7) is 7.22. The lowest BCUT2D eigenvalue weighted by Gasteiger charge is -2.17. The molecule has 2 aromatic rings. The van der Waals surface area contributed by atoms with E-state index in [2.05, 4.69) is 23.4 Å². The van der Waals surface area contributed by atoms with Gasteiger partial charge >= 0.3 is 0 Å². The van der Waals surface area contributed by atoms with E-state index in [4.69, 9.17) is 0 Å². The fourth-order valence-electron chi connectivity index (χ4n) is 3.74. The molecule has 1 N–H and O–H groups in total. The molecular weight excluding hydrogens is 358 g/mol. The third kappa shape index (κ3) is 4.07. The summed E-state index contributed by atoms with van der Waals surface area (Å²) < 4.78 is 1.87. The minimum Gasteiger partial charge on any atom is -0.315 e. The number of aryl methyl sites for hydroxylation is 2. The van der Waals surface area contributed by atoms with Crippen molar-refractivity contribution >= 4 is 22.2 Å². The third-order valence-corrected chi connectivity index (χ3v) is 6.55. The Kier molecular flexibility index (Phi) is 5.68. The van der Waals surface area contributed by atoms with Gasteiger partial charge in [-0.1, -0.05) is 6.92 Å². The molecule has 0 spiro atoms. The summed E-state index contributed by atoms with van der Waals surface area (Å²) in [6.07, 6.45) is 3.05. The second-order valence-corrected chi connectivity index (χ2v) is 8.77. The van der Waals surface area contributed by atoms with E-state index in [0.29, 0.717) is 23.0 Å². The predicted octanol–water partition coefficient (Wildman–Crippen LogP) is 3.17. The van der Waals surface area contributed by atoms with Crippen molar-refractivity contribution in [3.8, 4) is 6.07 Å². The number of hydrogen-bond donors (Lipinski definition) is 1. The van der Waals surface area contributed by atoms with E-state index in [1.54, 1.807) is 11.3 Å². The zero-order chi connectivity index (χ0) is 19.7. The second-order valence-electron chi connectivity index (χ2n) is 7.66. The maximum atomic E-state index is 12.6.